The van der Waals surface area contributed by atoms with Crippen molar-refractivity contribution in [2.45, 2.75) is 49.1 Å². The molecule has 2 aliphatic heterocycles. The molecule has 5 heterocycles. The molecule has 0 aromatic carbocycles. The Hall–Kier alpha value is -1.77. The summed E-state index contributed by atoms with van der Waals surface area (Å²) in [6.07, 6.45) is -11.0. The first-order valence-electron chi connectivity index (χ1n) is 13.0. The predicted molar refractivity (Wildman–Crippen MR) is 169 cm³/mol. The maximum Gasteiger partial charge on any atom is 0.383 e. The lowest BCUT2D eigenvalue weighted by atomic mass is 10.1. The Morgan fingerprint density at radius 3 is 2.12 bits per heavy atom. The van der Waals surface area contributed by atoms with Crippen LogP contribution in [-0.2, 0) is 55.7 Å². The van der Waals surface area contributed by atoms with Crippen LogP contribution in [-0.4, -0.2) is 109 Å². The van der Waals surface area contributed by atoms with E-state index < -0.39 is 99.3 Å². The van der Waals surface area contributed by atoms with E-state index in [4.69, 9.17) is 45.1 Å². The lowest BCUT2D eigenvalue weighted by molar-refractivity contribution is -0.0547. The number of hydrogen-bond acceptors (Lipinski definition) is 17. The number of aliphatic hydroxyl groups is 2. The molecule has 10 N–H and O–H groups in total. The van der Waals surface area contributed by atoms with Crippen molar-refractivity contribution in [2.75, 3.05) is 18.9 Å². The average molecular weight is 798 g/mol. The van der Waals surface area contributed by atoms with Gasteiger partial charge in [-0.15, -0.1) is 0 Å². The van der Waals surface area contributed by atoms with E-state index in [9.17, 15) is 48.7 Å². The Morgan fingerprint density at radius 1 is 0.958 bits per heavy atom. The zero-order chi connectivity index (χ0) is 35.3. The SMILES string of the molecule is Nc1nc2c(ncn2C2OC(COP(O)(=S)OC3C(COP(O)(O)=S)OC(n4ccc(=O)[nH]c4=O)C3O)C(OP(=O)(O)S)C2O)c(=O)[nH]1. The Bertz CT molecular complexity index is 2000. The third kappa shape index (κ3) is 8.57. The maximum absolute atomic E-state index is 12.4. The molecule has 0 radical (unpaired) electrons. The number of ether oxygens (including phenoxy) is 2. The standard InChI is InChI=1S/C19H26N7O16P3S3/c20-18-23-14-9(15(30)24-18)21-5-26(14)17-10(28)12(41-44(34,35)47)7(40-17)4-38-45(36,48)42-13-6(3-37-43(32,33)46)39-16(11(13)29)25-2-1-8(27)22-19(25)31/h1-2,5-7,10-13,16-17,28-29H,3-4H2,(H,36,48)(H,22,27,31)(H2,32,33,46)(H2,34,35,47)(H3,20,23,24,30). The van der Waals surface area contributed by atoms with E-state index in [1.54, 1.807) is 0 Å². The van der Waals surface area contributed by atoms with Crippen molar-refractivity contribution in [3.05, 3.63) is 49.8 Å². The van der Waals surface area contributed by atoms with Crippen LogP contribution >= 0.6 is 32.5 Å². The second-order valence-corrected chi connectivity index (χ2v) is 18.3. The van der Waals surface area contributed by atoms with E-state index in [2.05, 4.69) is 39.0 Å². The van der Waals surface area contributed by atoms with Crippen LogP contribution in [0.15, 0.2) is 33.0 Å². The molecule has 29 heteroatoms. The van der Waals surface area contributed by atoms with Crippen molar-refractivity contribution in [1.29, 1.82) is 0 Å². The van der Waals surface area contributed by atoms with E-state index in [0.717, 1.165) is 27.7 Å². The van der Waals surface area contributed by atoms with Crippen LogP contribution < -0.4 is 22.5 Å². The van der Waals surface area contributed by atoms with E-state index in [0.29, 0.717) is 0 Å². The van der Waals surface area contributed by atoms with Gasteiger partial charge in [0.1, 0.15) is 36.6 Å². The van der Waals surface area contributed by atoms with Crippen molar-refractivity contribution < 1.29 is 61.9 Å². The number of nitrogens with two attached hydrogens (primary N) is 1. The number of aliphatic hydroxyl groups excluding tert-OH is 2. The summed E-state index contributed by atoms with van der Waals surface area (Å²) in [4.78, 5) is 88.0. The minimum Gasteiger partial charge on any atom is -0.386 e. The van der Waals surface area contributed by atoms with Crippen LogP contribution in [0.4, 0.5) is 5.95 Å². The molecular weight excluding hydrogens is 771 g/mol. The highest BCUT2D eigenvalue weighted by molar-refractivity contribution is 8.44. The van der Waals surface area contributed by atoms with Crippen LogP contribution in [0.1, 0.15) is 12.5 Å². The first-order valence-corrected chi connectivity index (χ1v) is 21.0. The summed E-state index contributed by atoms with van der Waals surface area (Å²) in [7, 11) is 0. The molecule has 48 heavy (non-hydrogen) atoms. The molecule has 2 aliphatic rings. The third-order valence-corrected chi connectivity index (χ3v) is 9.95. The van der Waals surface area contributed by atoms with Gasteiger partial charge in [0, 0.05) is 12.3 Å². The third-order valence-electron chi connectivity index (χ3n) is 6.79. The van der Waals surface area contributed by atoms with Crippen LogP contribution in [0.2, 0.25) is 0 Å². The second-order valence-electron chi connectivity index (χ2n) is 10.1. The molecule has 2 fully saturated rings. The summed E-state index contributed by atoms with van der Waals surface area (Å²) in [5.41, 5.74) is 2.83. The Morgan fingerprint density at radius 2 is 1.54 bits per heavy atom. The van der Waals surface area contributed by atoms with Crippen molar-refractivity contribution in [3.63, 3.8) is 0 Å². The monoisotopic (exact) mass is 797 g/mol. The highest BCUT2D eigenvalue weighted by Gasteiger charge is 2.51. The topological polar surface area (TPSA) is 338 Å². The largest absolute Gasteiger partial charge is 0.386 e. The Labute approximate surface area is 281 Å². The lowest BCUT2D eigenvalue weighted by Gasteiger charge is -2.27. The van der Waals surface area contributed by atoms with Gasteiger partial charge in [0.25, 0.3) is 11.1 Å². The number of nitrogens with one attached hydrogen (secondary N) is 2. The van der Waals surface area contributed by atoms with E-state index in [-0.39, 0.29) is 17.1 Å². The number of thiol groups is 1. The van der Waals surface area contributed by atoms with Gasteiger partial charge in [0.05, 0.1) is 19.5 Å². The maximum atomic E-state index is 12.4. The highest BCUT2D eigenvalue weighted by atomic mass is 32.7. The van der Waals surface area contributed by atoms with Gasteiger partial charge in [-0.3, -0.25) is 37.7 Å². The normalized spacial score (nSPS) is 30.4. The van der Waals surface area contributed by atoms with Crippen molar-refractivity contribution >= 4 is 73.2 Å². The molecule has 5 rings (SSSR count). The quantitative estimate of drug-likeness (QED) is 0.0646. The van der Waals surface area contributed by atoms with Crippen LogP contribution in [0.3, 0.4) is 0 Å². The lowest BCUT2D eigenvalue weighted by Crippen LogP contribution is -2.39. The van der Waals surface area contributed by atoms with Gasteiger partial charge in [-0.1, -0.05) is 12.2 Å². The number of rotatable bonds is 12. The Kier molecular flexibility index (Phi) is 11.0. The van der Waals surface area contributed by atoms with Gasteiger partial charge >= 0.3 is 25.9 Å². The van der Waals surface area contributed by atoms with Gasteiger partial charge in [0.2, 0.25) is 5.95 Å². The highest BCUT2D eigenvalue weighted by Crippen LogP contribution is 2.53. The molecule has 0 bridgehead atoms. The molecule has 10 atom stereocenters. The number of imidazole rings is 1. The fraction of sp³-hybridized carbons (Fsp3) is 0.526. The summed E-state index contributed by atoms with van der Waals surface area (Å²) < 4.78 is 46.0. The zero-order valence-corrected chi connectivity index (χ0v) is 28.7. The van der Waals surface area contributed by atoms with Gasteiger partial charge < -0.3 is 54.0 Å². The molecule has 0 saturated carbocycles. The molecule has 0 aliphatic carbocycles. The number of nitrogen functional groups attached to an aromatic ring is 1. The van der Waals surface area contributed by atoms with E-state index in [1.807, 2.05) is 4.98 Å². The molecule has 3 aromatic heterocycles. The Balaban J connectivity index is 1.37. The molecule has 10 unspecified atom stereocenters. The summed E-state index contributed by atoms with van der Waals surface area (Å²) in [5, 5.41) is 22.1. The average Bonchev–Trinajstić information content (AvgIpc) is 3.59. The first kappa shape index (κ1) is 37.5. The summed E-state index contributed by atoms with van der Waals surface area (Å²) in [6, 6.07) is 0.950. The number of H-pyrrole nitrogens is 2. The van der Waals surface area contributed by atoms with Crippen molar-refractivity contribution in [1.82, 2.24) is 29.1 Å². The molecule has 2 saturated heterocycles. The summed E-state index contributed by atoms with van der Waals surface area (Å²) in [6.45, 7) is -15.0. The van der Waals surface area contributed by atoms with Gasteiger partial charge in [-0.2, -0.15) is 4.98 Å². The van der Waals surface area contributed by atoms with E-state index >= 15 is 0 Å². The minimum atomic E-state index is -4.61. The van der Waals surface area contributed by atoms with Crippen molar-refractivity contribution in [2.24, 2.45) is 0 Å². The molecule has 0 amide bonds. The van der Waals surface area contributed by atoms with Gasteiger partial charge in [-0.05, 0) is 23.6 Å². The van der Waals surface area contributed by atoms with Gasteiger partial charge in [0.15, 0.2) is 23.6 Å². The summed E-state index contributed by atoms with van der Waals surface area (Å²) in [5.74, 6) is -0.296. The van der Waals surface area contributed by atoms with Gasteiger partial charge in [-0.25, -0.2) is 14.3 Å². The number of aromatic nitrogens is 6. The number of hydrogen-bond donors (Lipinski definition) is 10. The fourth-order valence-electron chi connectivity index (χ4n) is 4.87. The van der Waals surface area contributed by atoms with E-state index in [1.165, 1.54) is 0 Å². The number of fused-ring (bicyclic) bond motifs is 1. The van der Waals surface area contributed by atoms with Crippen LogP contribution in [0, 0.1) is 0 Å². The predicted octanol–water partition coefficient (Wildman–Crippen LogP) is -2.97. The number of anilines is 1. The molecular formula is C19H26N7O16P3S3. The molecule has 266 valence electrons. The van der Waals surface area contributed by atoms with Crippen LogP contribution in [0.5, 0.6) is 0 Å². The molecule has 23 nitrogen and oxygen atoms in total. The molecule has 3 aromatic rings. The first-order chi connectivity index (χ1) is 22.2. The fourth-order valence-corrected chi connectivity index (χ4v) is 7.74. The summed E-state index contributed by atoms with van der Waals surface area (Å²) >= 11 is 13.0. The second kappa shape index (κ2) is 14.1. The zero-order valence-electron chi connectivity index (χ0n) is 23.5. The number of aromatic amines is 2. The van der Waals surface area contributed by atoms with Crippen molar-refractivity contribution in [3.8, 4) is 0 Å². The van der Waals surface area contributed by atoms with Crippen LogP contribution in [0.25, 0.3) is 11.2 Å². The molecule has 0 spiro atoms. The smallest absolute Gasteiger partial charge is 0.383 e. The minimum absolute atomic E-state index is 0.134. The number of nitrogens with zero attached hydrogens (tertiary/aromatic N) is 4.